The van der Waals surface area contributed by atoms with Gasteiger partial charge in [-0.15, -0.1) is 0 Å². The molecule has 422 valence electrons. The number of nitrogens with zero attached hydrogens (tertiary/aromatic N) is 2. The van der Waals surface area contributed by atoms with Gasteiger partial charge in [0.2, 0.25) is 0 Å². The van der Waals surface area contributed by atoms with Gasteiger partial charge >= 0.3 is 0 Å². The summed E-state index contributed by atoms with van der Waals surface area (Å²) >= 11 is 0. The van der Waals surface area contributed by atoms with Gasteiger partial charge in [-0.05, 0) is 163 Å². The van der Waals surface area contributed by atoms with Gasteiger partial charge in [-0.1, -0.05) is 236 Å². The number of unbranched alkanes of at least 4 members (excludes halogenated alkanes) is 8. The third kappa shape index (κ3) is 7.40. The topological polar surface area (TPSA) is 74.8 Å². The van der Waals surface area contributed by atoms with E-state index >= 15 is 9.59 Å². The molecule has 2 aliphatic heterocycles. The number of anilines is 1. The Morgan fingerprint density at radius 1 is 0.310 bits per heavy atom. The van der Waals surface area contributed by atoms with E-state index in [0.717, 1.165) is 136 Å². The number of hydrogen-bond acceptors (Lipinski definition) is 4. The lowest BCUT2D eigenvalue weighted by Crippen LogP contribution is -2.47. The maximum Gasteiger partial charge on any atom is 0.265 e. The van der Waals surface area contributed by atoms with E-state index in [2.05, 4.69) is 159 Å². The molecular weight excluding hydrogens is 1060 g/mol. The fourth-order valence-corrected chi connectivity index (χ4v) is 16.8. The van der Waals surface area contributed by atoms with Gasteiger partial charge in [-0.25, -0.2) is 4.90 Å². The first-order valence-corrected chi connectivity index (χ1v) is 31.9. The summed E-state index contributed by atoms with van der Waals surface area (Å²) in [6.45, 7) is 4.46. The molecule has 18 rings (SSSR count). The minimum absolute atomic E-state index is 0.0822. The average molecular weight is 1130 g/mol. The summed E-state index contributed by atoms with van der Waals surface area (Å²) in [6.07, 6.45) is 13.0. The van der Waals surface area contributed by atoms with Crippen LogP contribution in [0.1, 0.15) is 178 Å². The predicted octanol–water partition coefficient (Wildman–Crippen LogP) is 20.4. The van der Waals surface area contributed by atoms with Gasteiger partial charge in [0.25, 0.3) is 23.6 Å². The zero-order chi connectivity index (χ0) is 58.3. The molecule has 0 N–H and O–H groups in total. The molecular formula is C81H64N2O4. The Labute approximate surface area is 505 Å². The molecule has 5 aliphatic rings. The van der Waals surface area contributed by atoms with Gasteiger partial charge in [0.1, 0.15) is 0 Å². The van der Waals surface area contributed by atoms with E-state index in [1.54, 1.807) is 4.90 Å². The molecule has 3 aliphatic carbocycles. The Morgan fingerprint density at radius 3 is 1.21 bits per heavy atom. The molecule has 87 heavy (non-hydrogen) atoms. The van der Waals surface area contributed by atoms with Crippen LogP contribution in [0.3, 0.4) is 0 Å². The number of amides is 4. The van der Waals surface area contributed by atoms with Gasteiger partial charge < -0.3 is 0 Å². The molecule has 2 atom stereocenters. The fraction of sp³-hybridized carbons (Fsp3) is 0.210. The Kier molecular flexibility index (Phi) is 11.9. The minimum Gasteiger partial charge on any atom is -0.271 e. The molecule has 0 radical (unpaired) electrons. The Bertz CT molecular complexity index is 4890. The van der Waals surface area contributed by atoms with Gasteiger partial charge in [0, 0.05) is 50.9 Å². The third-order valence-electron chi connectivity index (χ3n) is 20.7. The number of fused-ring (bicyclic) bond motifs is 4. The zero-order valence-electron chi connectivity index (χ0n) is 49.1. The molecule has 6 nitrogen and oxygen atoms in total. The number of benzene rings is 13. The summed E-state index contributed by atoms with van der Waals surface area (Å²) < 4.78 is 0. The van der Waals surface area contributed by atoms with Crippen molar-refractivity contribution in [3.63, 3.8) is 0 Å². The van der Waals surface area contributed by atoms with Crippen molar-refractivity contribution >= 4 is 105 Å². The SMILES string of the molecule is CCCCCCCC(CCCCCCC)N1C(=O)c2ccc3c4ccc5c6ccc7c8c(ccc(c9ccc(c%10ccc(c2c3%10)C1=O)c4c59)c86)C(=O)N(c1cccc2c1C1c3ccccc3C2c2cccc(-c3ccc(-c4ccccc4)cc3)c21)C7=O. The summed E-state index contributed by atoms with van der Waals surface area (Å²) in [4.78, 5) is 64.5. The number of rotatable bonds is 16. The van der Waals surface area contributed by atoms with E-state index in [1.165, 1.54) is 71.2 Å². The smallest absolute Gasteiger partial charge is 0.265 e. The quantitative estimate of drug-likeness (QED) is 0.0418. The molecule has 0 saturated carbocycles. The van der Waals surface area contributed by atoms with E-state index < -0.39 is 0 Å². The Morgan fingerprint density at radius 2 is 0.701 bits per heavy atom. The zero-order valence-corrected chi connectivity index (χ0v) is 49.1. The first-order valence-electron chi connectivity index (χ1n) is 31.9. The lowest BCUT2D eigenvalue weighted by Gasteiger charge is -2.45. The highest BCUT2D eigenvalue weighted by atomic mass is 16.2. The van der Waals surface area contributed by atoms with Gasteiger partial charge in [0.15, 0.2) is 0 Å². The molecule has 0 aromatic heterocycles. The Balaban J connectivity index is 0.767. The molecule has 13 aromatic carbocycles. The maximum atomic E-state index is 15.7. The van der Waals surface area contributed by atoms with Gasteiger partial charge in [-0.2, -0.15) is 0 Å². The van der Waals surface area contributed by atoms with Crippen LogP contribution in [0.2, 0.25) is 0 Å². The lowest BCUT2D eigenvalue weighted by atomic mass is 9.59. The van der Waals surface area contributed by atoms with Crippen molar-refractivity contribution in [1.82, 2.24) is 4.90 Å². The van der Waals surface area contributed by atoms with Crippen LogP contribution >= 0.6 is 0 Å². The number of carbonyl (C=O) groups is 4. The van der Waals surface area contributed by atoms with Gasteiger partial charge in [0.05, 0.1) is 5.69 Å². The summed E-state index contributed by atoms with van der Waals surface area (Å²) in [7, 11) is 0. The summed E-state index contributed by atoms with van der Waals surface area (Å²) in [5, 5.41) is 13.8. The highest BCUT2D eigenvalue weighted by Crippen LogP contribution is 2.60. The summed E-state index contributed by atoms with van der Waals surface area (Å²) in [6, 6.07) is 65.9. The monoisotopic (exact) mass is 1130 g/mol. The first-order chi connectivity index (χ1) is 42.8. The summed E-state index contributed by atoms with van der Waals surface area (Å²) in [5.74, 6) is -1.29. The highest BCUT2D eigenvalue weighted by Gasteiger charge is 2.47. The number of hydrogen-bond donors (Lipinski definition) is 0. The Hall–Kier alpha value is -9.52. The van der Waals surface area contributed by atoms with Crippen LogP contribution in [0.5, 0.6) is 0 Å². The van der Waals surface area contributed by atoms with Crippen LogP contribution in [0, 0.1) is 0 Å². The van der Waals surface area contributed by atoms with Crippen LogP contribution in [-0.4, -0.2) is 34.6 Å². The maximum absolute atomic E-state index is 15.7. The molecule has 4 amide bonds. The second-order valence-electron chi connectivity index (χ2n) is 25.2. The molecule has 0 spiro atoms. The van der Waals surface area contributed by atoms with Crippen molar-refractivity contribution in [1.29, 1.82) is 0 Å². The van der Waals surface area contributed by atoms with Crippen LogP contribution < -0.4 is 4.90 Å². The van der Waals surface area contributed by atoms with Crippen LogP contribution in [0.15, 0.2) is 188 Å². The van der Waals surface area contributed by atoms with E-state index in [9.17, 15) is 9.59 Å². The van der Waals surface area contributed by atoms with Crippen molar-refractivity contribution in [2.24, 2.45) is 0 Å². The molecule has 6 heteroatoms. The normalized spacial score (nSPS) is 15.9. The van der Waals surface area contributed by atoms with Crippen molar-refractivity contribution in [2.45, 2.75) is 109 Å². The van der Waals surface area contributed by atoms with Crippen molar-refractivity contribution in [3.8, 4) is 22.3 Å². The second kappa shape index (κ2) is 20.0. The highest BCUT2D eigenvalue weighted by molar-refractivity contribution is 6.46. The standard InChI is InChI=1S/C81H64N2O4/c1-3-5-7-9-14-22-49(23-15-10-8-6-4-2)82-78(84)63-42-38-57-53-34-36-55-59-40-44-65-75-66(45-41-60(73(59)75)56-37-35-54(70(53)71(55)56)58-39-43-64(79(82)85)74(63)72(57)58)81(87)83(80(65)86)67-29-19-28-62-68-51-24-16-17-25-52(51)77(76(62)67)69-50(26-18-27-61(68)69)48-32-30-47(31-33-48)46-20-12-11-13-21-46/h11-13,16-21,24-45,49,68,77H,3-10,14-15,22-23H2,1-2H3. The number of carbonyl (C=O) groups excluding carboxylic acids is 4. The van der Waals surface area contributed by atoms with E-state index in [4.69, 9.17) is 0 Å². The predicted molar refractivity (Wildman–Crippen MR) is 356 cm³/mol. The average Bonchev–Trinajstić information content (AvgIpc) is 0.735. The molecule has 2 bridgehead atoms. The lowest BCUT2D eigenvalue weighted by molar-refractivity contribution is 0.0516. The van der Waals surface area contributed by atoms with Crippen molar-refractivity contribution < 1.29 is 19.2 Å². The third-order valence-corrected chi connectivity index (χ3v) is 20.7. The van der Waals surface area contributed by atoms with E-state index in [0.29, 0.717) is 33.3 Å². The molecule has 2 heterocycles. The number of imide groups is 2. The van der Waals surface area contributed by atoms with Crippen molar-refractivity contribution in [3.05, 3.63) is 244 Å². The molecule has 13 aromatic rings. The van der Waals surface area contributed by atoms with E-state index in [1.807, 2.05) is 42.5 Å². The van der Waals surface area contributed by atoms with Crippen LogP contribution in [-0.2, 0) is 0 Å². The molecule has 0 saturated heterocycles. The first kappa shape index (κ1) is 51.9. The largest absolute Gasteiger partial charge is 0.271 e. The summed E-state index contributed by atoms with van der Waals surface area (Å²) in [5.41, 5.74) is 14.6. The van der Waals surface area contributed by atoms with E-state index in [-0.39, 0.29) is 41.5 Å². The van der Waals surface area contributed by atoms with Crippen molar-refractivity contribution in [2.75, 3.05) is 4.90 Å². The minimum atomic E-state index is -0.322. The molecule has 0 fully saturated rings. The second-order valence-corrected chi connectivity index (χ2v) is 25.2. The van der Waals surface area contributed by atoms with Gasteiger partial charge in [-0.3, -0.25) is 24.1 Å². The van der Waals surface area contributed by atoms with Crippen LogP contribution in [0.4, 0.5) is 5.69 Å². The molecule has 2 unspecified atom stereocenters. The van der Waals surface area contributed by atoms with Crippen LogP contribution in [0.25, 0.3) is 97.7 Å². The fourth-order valence-electron chi connectivity index (χ4n) is 16.8.